The monoisotopic (exact) mass is 257 g/mol. The van der Waals surface area contributed by atoms with Crippen LogP contribution in [0.1, 0.15) is 6.92 Å². The minimum absolute atomic E-state index is 0.00525. The maximum atomic E-state index is 11.0. The van der Waals surface area contributed by atoms with Crippen molar-refractivity contribution in [2.24, 2.45) is 0 Å². The molecule has 1 aliphatic heterocycles. The molecule has 0 spiro atoms. The number of carboxylic acid groups (broad SMARTS) is 1. The van der Waals surface area contributed by atoms with Crippen LogP contribution in [0.25, 0.3) is 10.8 Å². The number of carbonyl (C=O) groups is 1. The number of fused-ring (bicyclic) bond motifs is 3. The smallest absolute Gasteiger partial charge is 0.323 e. The molecular formula is C15H15NO3. The largest absolute Gasteiger partial charge is 0.487 e. The minimum atomic E-state index is -0.826. The van der Waals surface area contributed by atoms with Crippen molar-refractivity contribution in [1.29, 1.82) is 0 Å². The van der Waals surface area contributed by atoms with E-state index in [2.05, 4.69) is 0 Å². The molecule has 0 aromatic heterocycles. The first-order valence-electron chi connectivity index (χ1n) is 6.30. The standard InChI is InChI=1S/C15H15NO3/c1-10-8-16(9-14(17)18)15-12-5-3-2-4-11(12)6-7-13(15)19-10/h2-7,10H,8-9H2,1H3,(H,17,18). The Morgan fingerprint density at radius 2 is 2.16 bits per heavy atom. The molecule has 0 aliphatic carbocycles. The summed E-state index contributed by atoms with van der Waals surface area (Å²) in [6.07, 6.45) is -0.00647. The summed E-state index contributed by atoms with van der Waals surface area (Å²) >= 11 is 0. The predicted molar refractivity (Wildman–Crippen MR) is 73.9 cm³/mol. The molecule has 0 saturated carbocycles. The molecule has 0 bridgehead atoms. The maximum Gasteiger partial charge on any atom is 0.323 e. The highest BCUT2D eigenvalue weighted by atomic mass is 16.5. The molecule has 1 unspecified atom stereocenters. The van der Waals surface area contributed by atoms with Crippen molar-refractivity contribution in [2.45, 2.75) is 13.0 Å². The molecule has 0 saturated heterocycles. The third kappa shape index (κ3) is 2.10. The van der Waals surface area contributed by atoms with Crippen molar-refractivity contribution in [3.8, 4) is 5.75 Å². The van der Waals surface area contributed by atoms with E-state index in [1.54, 1.807) is 0 Å². The highest BCUT2D eigenvalue weighted by molar-refractivity contribution is 5.98. The van der Waals surface area contributed by atoms with Crippen molar-refractivity contribution < 1.29 is 14.6 Å². The van der Waals surface area contributed by atoms with Crippen LogP contribution in [-0.2, 0) is 4.79 Å². The summed E-state index contributed by atoms with van der Waals surface area (Å²) in [7, 11) is 0. The molecule has 0 radical (unpaired) electrons. The molecule has 4 heteroatoms. The number of anilines is 1. The Bertz CT molecular complexity index is 638. The molecule has 0 amide bonds. The average Bonchev–Trinajstić information content (AvgIpc) is 2.37. The molecule has 98 valence electrons. The number of rotatable bonds is 2. The van der Waals surface area contributed by atoms with Crippen LogP contribution in [0.4, 0.5) is 5.69 Å². The number of nitrogens with zero attached hydrogens (tertiary/aromatic N) is 1. The van der Waals surface area contributed by atoms with Gasteiger partial charge in [0.1, 0.15) is 18.4 Å². The summed E-state index contributed by atoms with van der Waals surface area (Å²) in [6.45, 7) is 2.54. The zero-order valence-electron chi connectivity index (χ0n) is 10.7. The highest BCUT2D eigenvalue weighted by Gasteiger charge is 2.26. The van der Waals surface area contributed by atoms with Gasteiger partial charge in [-0.2, -0.15) is 0 Å². The first kappa shape index (κ1) is 11.8. The molecule has 2 aromatic carbocycles. The van der Waals surface area contributed by atoms with Crippen molar-refractivity contribution >= 4 is 22.4 Å². The molecule has 0 fully saturated rings. The quantitative estimate of drug-likeness (QED) is 0.898. The molecule has 3 rings (SSSR count). The van der Waals surface area contributed by atoms with Crippen LogP contribution in [0.2, 0.25) is 0 Å². The van der Waals surface area contributed by atoms with Gasteiger partial charge in [-0.1, -0.05) is 30.3 Å². The van der Waals surface area contributed by atoms with Crippen LogP contribution in [0, 0.1) is 0 Å². The molecule has 1 N–H and O–H groups in total. The van der Waals surface area contributed by atoms with Crippen LogP contribution in [-0.4, -0.2) is 30.3 Å². The van der Waals surface area contributed by atoms with Crippen LogP contribution in [0.5, 0.6) is 5.75 Å². The summed E-state index contributed by atoms with van der Waals surface area (Å²) in [5.41, 5.74) is 0.888. The second-order valence-electron chi connectivity index (χ2n) is 4.84. The Balaban J connectivity index is 2.18. The Morgan fingerprint density at radius 3 is 2.95 bits per heavy atom. The van der Waals surface area contributed by atoms with Gasteiger partial charge >= 0.3 is 5.97 Å². The zero-order chi connectivity index (χ0) is 13.4. The predicted octanol–water partition coefficient (Wildman–Crippen LogP) is 2.51. The summed E-state index contributed by atoms with van der Waals surface area (Å²) in [6, 6.07) is 11.9. The SMILES string of the molecule is CC1CN(CC(=O)O)c2c(ccc3ccccc23)O1. The number of hydrogen-bond acceptors (Lipinski definition) is 3. The van der Waals surface area contributed by atoms with Crippen molar-refractivity contribution in [3.63, 3.8) is 0 Å². The lowest BCUT2D eigenvalue weighted by Crippen LogP contribution is -2.41. The lowest BCUT2D eigenvalue weighted by atomic mass is 10.1. The molecular weight excluding hydrogens is 242 g/mol. The second-order valence-corrected chi connectivity index (χ2v) is 4.84. The number of hydrogen-bond donors (Lipinski definition) is 1. The lowest BCUT2D eigenvalue weighted by molar-refractivity contribution is -0.135. The van der Waals surface area contributed by atoms with Gasteiger partial charge in [0.05, 0.1) is 12.2 Å². The Labute approximate surface area is 111 Å². The van der Waals surface area contributed by atoms with Gasteiger partial charge in [-0.15, -0.1) is 0 Å². The van der Waals surface area contributed by atoms with Gasteiger partial charge in [-0.25, -0.2) is 0 Å². The summed E-state index contributed by atoms with van der Waals surface area (Å²) in [5, 5.41) is 11.2. The van der Waals surface area contributed by atoms with Crippen LogP contribution >= 0.6 is 0 Å². The van der Waals surface area contributed by atoms with Gasteiger partial charge < -0.3 is 14.7 Å². The summed E-state index contributed by atoms with van der Waals surface area (Å²) < 4.78 is 5.82. The summed E-state index contributed by atoms with van der Waals surface area (Å²) in [4.78, 5) is 12.9. The zero-order valence-corrected chi connectivity index (χ0v) is 10.7. The van der Waals surface area contributed by atoms with E-state index < -0.39 is 5.97 Å². The first-order chi connectivity index (χ1) is 9.15. The fraction of sp³-hybridized carbons (Fsp3) is 0.267. The molecule has 2 aromatic rings. The van der Waals surface area contributed by atoms with Crippen LogP contribution in [0.3, 0.4) is 0 Å². The molecule has 4 nitrogen and oxygen atoms in total. The number of ether oxygens (including phenoxy) is 1. The molecule has 1 atom stereocenters. The van der Waals surface area contributed by atoms with Gasteiger partial charge in [0.2, 0.25) is 0 Å². The first-order valence-corrected chi connectivity index (χ1v) is 6.30. The Morgan fingerprint density at radius 1 is 1.37 bits per heavy atom. The van der Waals surface area contributed by atoms with Crippen molar-refractivity contribution in [3.05, 3.63) is 36.4 Å². The average molecular weight is 257 g/mol. The lowest BCUT2D eigenvalue weighted by Gasteiger charge is -2.34. The van der Waals surface area contributed by atoms with E-state index in [0.29, 0.717) is 6.54 Å². The third-order valence-corrected chi connectivity index (χ3v) is 3.31. The van der Waals surface area contributed by atoms with E-state index in [4.69, 9.17) is 9.84 Å². The van der Waals surface area contributed by atoms with Crippen molar-refractivity contribution in [1.82, 2.24) is 0 Å². The number of carboxylic acids is 1. The third-order valence-electron chi connectivity index (χ3n) is 3.31. The van der Waals surface area contributed by atoms with Gasteiger partial charge in [0, 0.05) is 5.39 Å². The van der Waals surface area contributed by atoms with E-state index in [0.717, 1.165) is 22.2 Å². The van der Waals surface area contributed by atoms with E-state index in [-0.39, 0.29) is 12.6 Å². The van der Waals surface area contributed by atoms with Gasteiger partial charge in [0.25, 0.3) is 0 Å². The topological polar surface area (TPSA) is 49.8 Å². The van der Waals surface area contributed by atoms with Gasteiger partial charge in [0.15, 0.2) is 0 Å². The van der Waals surface area contributed by atoms with E-state index in [1.807, 2.05) is 48.2 Å². The molecule has 1 aliphatic rings. The van der Waals surface area contributed by atoms with Gasteiger partial charge in [-0.05, 0) is 18.4 Å². The Kier molecular flexibility index (Phi) is 2.78. The summed E-state index contributed by atoms with van der Waals surface area (Å²) in [5.74, 6) is -0.0633. The number of aliphatic carboxylic acids is 1. The van der Waals surface area contributed by atoms with Crippen LogP contribution < -0.4 is 9.64 Å². The molecule has 1 heterocycles. The second kappa shape index (κ2) is 4.46. The van der Waals surface area contributed by atoms with E-state index in [9.17, 15) is 4.79 Å². The minimum Gasteiger partial charge on any atom is -0.487 e. The fourth-order valence-corrected chi connectivity index (χ4v) is 2.62. The van der Waals surface area contributed by atoms with Crippen molar-refractivity contribution in [2.75, 3.05) is 18.0 Å². The van der Waals surface area contributed by atoms with E-state index in [1.165, 1.54) is 0 Å². The normalized spacial score (nSPS) is 17.9. The number of benzene rings is 2. The highest BCUT2D eigenvalue weighted by Crippen LogP contribution is 2.39. The maximum absolute atomic E-state index is 11.0. The van der Waals surface area contributed by atoms with Crippen LogP contribution in [0.15, 0.2) is 36.4 Å². The van der Waals surface area contributed by atoms with Gasteiger partial charge in [-0.3, -0.25) is 4.79 Å². The Hall–Kier alpha value is -2.23. The molecule has 19 heavy (non-hydrogen) atoms. The fourth-order valence-electron chi connectivity index (χ4n) is 2.62. The van der Waals surface area contributed by atoms with E-state index >= 15 is 0 Å².